The van der Waals surface area contributed by atoms with Crippen LogP contribution in [0.25, 0.3) is 22.6 Å². The highest BCUT2D eigenvalue weighted by Crippen LogP contribution is 2.33. The fraction of sp³-hybridized carbons (Fsp3) is 0.0588. The third kappa shape index (κ3) is 1.92. The van der Waals surface area contributed by atoms with E-state index < -0.39 is 0 Å². The van der Waals surface area contributed by atoms with Gasteiger partial charge in [0, 0.05) is 22.2 Å². The van der Waals surface area contributed by atoms with Crippen molar-refractivity contribution in [1.29, 1.82) is 0 Å². The van der Waals surface area contributed by atoms with Crippen LogP contribution in [0.4, 0.5) is 5.69 Å². The van der Waals surface area contributed by atoms with Crippen molar-refractivity contribution in [1.82, 2.24) is 10.2 Å². The smallest absolute Gasteiger partial charge is 0.256 e. The lowest BCUT2D eigenvalue weighted by Gasteiger charge is -2.00. The Morgan fingerprint density at radius 2 is 2.05 bits per heavy atom. The molecule has 2 aromatic carbocycles. The summed E-state index contributed by atoms with van der Waals surface area (Å²) in [6.07, 6.45) is 3.70. The second kappa shape index (κ2) is 4.31. The van der Waals surface area contributed by atoms with E-state index >= 15 is 0 Å². The standard InChI is InChI=1S/C17H13N3O/c1-10-2-5-15-13(6-10)14(17(21)19-15)7-11-3-4-12-9-18-20-16(12)8-11/h2-9H,1H3,(H,18,20)(H,19,21)/b14-7-. The van der Waals surface area contributed by atoms with Crippen LogP contribution in [-0.4, -0.2) is 16.1 Å². The lowest BCUT2D eigenvalue weighted by Crippen LogP contribution is -2.03. The number of anilines is 1. The van der Waals surface area contributed by atoms with Gasteiger partial charge in [0.15, 0.2) is 0 Å². The molecule has 2 N–H and O–H groups in total. The average Bonchev–Trinajstić information content (AvgIpc) is 3.04. The van der Waals surface area contributed by atoms with Gasteiger partial charge in [-0.25, -0.2) is 0 Å². The second-order valence-corrected chi connectivity index (χ2v) is 5.28. The molecule has 4 rings (SSSR count). The Kier molecular flexibility index (Phi) is 2.44. The molecule has 3 aromatic rings. The number of amides is 1. The Hall–Kier alpha value is -2.88. The molecule has 102 valence electrons. The van der Waals surface area contributed by atoms with Gasteiger partial charge in [-0.1, -0.05) is 23.8 Å². The van der Waals surface area contributed by atoms with Crippen molar-refractivity contribution in [3.05, 3.63) is 59.3 Å². The first-order chi connectivity index (χ1) is 10.2. The molecule has 4 nitrogen and oxygen atoms in total. The lowest BCUT2D eigenvalue weighted by molar-refractivity contribution is -0.110. The predicted molar refractivity (Wildman–Crippen MR) is 83.8 cm³/mol. The minimum atomic E-state index is -0.0553. The van der Waals surface area contributed by atoms with E-state index in [1.165, 1.54) is 0 Å². The maximum absolute atomic E-state index is 12.2. The van der Waals surface area contributed by atoms with E-state index in [9.17, 15) is 4.79 Å². The average molecular weight is 275 g/mol. The summed E-state index contributed by atoms with van der Waals surface area (Å²) in [4.78, 5) is 12.2. The summed E-state index contributed by atoms with van der Waals surface area (Å²) in [6, 6.07) is 12.0. The van der Waals surface area contributed by atoms with Crippen molar-refractivity contribution in [3.8, 4) is 0 Å². The van der Waals surface area contributed by atoms with Gasteiger partial charge in [-0.3, -0.25) is 9.89 Å². The number of hydrogen-bond acceptors (Lipinski definition) is 2. The van der Waals surface area contributed by atoms with Crippen LogP contribution in [0.3, 0.4) is 0 Å². The van der Waals surface area contributed by atoms with Crippen LogP contribution in [0.15, 0.2) is 42.6 Å². The van der Waals surface area contributed by atoms with Crippen molar-refractivity contribution in [2.24, 2.45) is 0 Å². The van der Waals surface area contributed by atoms with Crippen LogP contribution < -0.4 is 5.32 Å². The molecule has 0 fully saturated rings. The molecule has 1 aliphatic heterocycles. The number of nitrogens with one attached hydrogen (secondary N) is 2. The highest BCUT2D eigenvalue weighted by molar-refractivity contribution is 6.35. The highest BCUT2D eigenvalue weighted by Gasteiger charge is 2.23. The SMILES string of the molecule is Cc1ccc2c(c1)/C(=C/c1ccc3cn[nH]c3c1)C(=O)N2. The van der Waals surface area contributed by atoms with E-state index in [-0.39, 0.29) is 5.91 Å². The molecule has 0 saturated heterocycles. The number of aryl methyl sites for hydroxylation is 1. The lowest BCUT2D eigenvalue weighted by atomic mass is 10.0. The molecular weight excluding hydrogens is 262 g/mol. The highest BCUT2D eigenvalue weighted by atomic mass is 16.2. The molecule has 1 aromatic heterocycles. The minimum Gasteiger partial charge on any atom is -0.321 e. The minimum absolute atomic E-state index is 0.0553. The summed E-state index contributed by atoms with van der Waals surface area (Å²) in [5.41, 5.74) is 5.62. The number of aromatic nitrogens is 2. The molecule has 21 heavy (non-hydrogen) atoms. The van der Waals surface area contributed by atoms with Gasteiger partial charge < -0.3 is 5.32 Å². The molecule has 0 radical (unpaired) electrons. The van der Waals surface area contributed by atoms with Gasteiger partial charge in [0.05, 0.1) is 11.7 Å². The number of benzene rings is 2. The van der Waals surface area contributed by atoms with Crippen molar-refractivity contribution in [2.75, 3.05) is 5.32 Å². The van der Waals surface area contributed by atoms with Crippen LogP contribution in [-0.2, 0) is 4.79 Å². The Morgan fingerprint density at radius 1 is 1.14 bits per heavy atom. The molecule has 2 heterocycles. The fourth-order valence-electron chi connectivity index (χ4n) is 2.66. The molecule has 0 atom stereocenters. The van der Waals surface area contributed by atoms with Crippen LogP contribution in [0.1, 0.15) is 16.7 Å². The van der Waals surface area contributed by atoms with E-state index in [0.29, 0.717) is 5.57 Å². The number of rotatable bonds is 1. The summed E-state index contributed by atoms with van der Waals surface area (Å²) >= 11 is 0. The molecule has 0 unspecified atom stereocenters. The topological polar surface area (TPSA) is 57.8 Å². The third-order valence-corrected chi connectivity index (χ3v) is 3.74. The van der Waals surface area contributed by atoms with E-state index in [2.05, 4.69) is 15.5 Å². The number of H-pyrrole nitrogens is 1. The van der Waals surface area contributed by atoms with E-state index in [1.807, 2.05) is 49.4 Å². The zero-order chi connectivity index (χ0) is 14.4. The van der Waals surface area contributed by atoms with Crippen molar-refractivity contribution >= 4 is 34.1 Å². The summed E-state index contributed by atoms with van der Waals surface area (Å²) in [5.74, 6) is -0.0553. The third-order valence-electron chi connectivity index (χ3n) is 3.74. The first-order valence-electron chi connectivity index (χ1n) is 6.78. The number of aromatic amines is 1. The van der Waals surface area contributed by atoms with E-state index in [1.54, 1.807) is 6.20 Å². The van der Waals surface area contributed by atoms with Crippen LogP contribution in [0.5, 0.6) is 0 Å². The van der Waals surface area contributed by atoms with E-state index in [0.717, 1.165) is 33.3 Å². The van der Waals surface area contributed by atoms with Crippen LogP contribution in [0, 0.1) is 6.92 Å². The second-order valence-electron chi connectivity index (χ2n) is 5.28. The first-order valence-corrected chi connectivity index (χ1v) is 6.78. The van der Waals surface area contributed by atoms with Crippen LogP contribution >= 0.6 is 0 Å². The van der Waals surface area contributed by atoms with Gasteiger partial charge in [-0.2, -0.15) is 5.10 Å². The summed E-state index contributed by atoms with van der Waals surface area (Å²) in [5, 5.41) is 10.9. The molecular formula is C17H13N3O. The summed E-state index contributed by atoms with van der Waals surface area (Å²) in [6.45, 7) is 2.03. The molecule has 0 bridgehead atoms. The maximum atomic E-state index is 12.2. The first kappa shape index (κ1) is 11.9. The van der Waals surface area contributed by atoms with Gasteiger partial charge >= 0.3 is 0 Å². The van der Waals surface area contributed by atoms with Crippen molar-refractivity contribution < 1.29 is 4.79 Å². The van der Waals surface area contributed by atoms with Gasteiger partial charge in [-0.15, -0.1) is 0 Å². The van der Waals surface area contributed by atoms with Crippen molar-refractivity contribution in [3.63, 3.8) is 0 Å². The van der Waals surface area contributed by atoms with Crippen LogP contribution in [0.2, 0.25) is 0 Å². The molecule has 4 heteroatoms. The fourth-order valence-corrected chi connectivity index (χ4v) is 2.66. The number of hydrogen-bond donors (Lipinski definition) is 2. The zero-order valence-electron chi connectivity index (χ0n) is 11.5. The Bertz CT molecular complexity index is 905. The zero-order valence-corrected chi connectivity index (χ0v) is 11.5. The van der Waals surface area contributed by atoms with E-state index in [4.69, 9.17) is 0 Å². The number of carbonyl (C=O) groups excluding carboxylic acids is 1. The van der Waals surface area contributed by atoms with Crippen molar-refractivity contribution in [2.45, 2.75) is 6.92 Å². The molecule has 0 aliphatic carbocycles. The maximum Gasteiger partial charge on any atom is 0.256 e. The van der Waals surface area contributed by atoms with Gasteiger partial charge in [0.2, 0.25) is 0 Å². The normalized spacial score (nSPS) is 15.5. The van der Waals surface area contributed by atoms with Gasteiger partial charge in [-0.05, 0) is 36.8 Å². The predicted octanol–water partition coefficient (Wildman–Crippen LogP) is 3.36. The molecule has 1 amide bonds. The summed E-state index contributed by atoms with van der Waals surface area (Å²) in [7, 11) is 0. The largest absolute Gasteiger partial charge is 0.321 e. The quantitative estimate of drug-likeness (QED) is 0.669. The number of nitrogens with zero attached hydrogens (tertiary/aromatic N) is 1. The number of fused-ring (bicyclic) bond motifs is 2. The Balaban J connectivity index is 1.85. The number of carbonyl (C=O) groups is 1. The Labute approximate surface area is 121 Å². The molecule has 0 saturated carbocycles. The summed E-state index contributed by atoms with van der Waals surface area (Å²) < 4.78 is 0. The molecule has 0 spiro atoms. The molecule has 1 aliphatic rings. The van der Waals surface area contributed by atoms with Gasteiger partial charge in [0.25, 0.3) is 5.91 Å². The monoisotopic (exact) mass is 275 g/mol. The Morgan fingerprint density at radius 3 is 2.95 bits per heavy atom. The van der Waals surface area contributed by atoms with Gasteiger partial charge in [0.1, 0.15) is 0 Å².